The summed E-state index contributed by atoms with van der Waals surface area (Å²) in [5.74, 6) is -1.98. The second-order valence-electron chi connectivity index (χ2n) is 7.74. The van der Waals surface area contributed by atoms with Crippen molar-refractivity contribution in [2.75, 3.05) is 34.4 Å². The minimum Gasteiger partial charge on any atom is -0.508 e. The van der Waals surface area contributed by atoms with Gasteiger partial charge in [0.1, 0.15) is 11.5 Å². The fraction of sp³-hybridized carbons (Fsp3) is 0.304. The van der Waals surface area contributed by atoms with Gasteiger partial charge in [0.15, 0.2) is 0 Å². The number of aliphatic hydroxyl groups is 1. The highest BCUT2D eigenvalue weighted by molar-refractivity contribution is 7.89. The van der Waals surface area contributed by atoms with Crippen LogP contribution in [0.5, 0.6) is 5.75 Å². The van der Waals surface area contributed by atoms with E-state index < -0.39 is 33.5 Å². The van der Waals surface area contributed by atoms with Crippen LogP contribution in [0.15, 0.2) is 59.0 Å². The minimum atomic E-state index is -3.67. The number of methoxy groups -OCH3 is 1. The normalized spacial score (nSPS) is 18.3. The largest absolute Gasteiger partial charge is 0.508 e. The molecule has 1 saturated heterocycles. The standard InChI is InChI=1S/C23H26N2O7S/c1-24(2)33(30,31)18-11-7-16(8-12-18)21(27)19-20(15-5-9-17(26)10-6-15)25(13-4-14-32-3)23(29)22(19)28/h5-12,20,26-27H,4,13-14H2,1-3H3/b21-19-. The molecule has 1 atom stereocenters. The number of likely N-dealkylation sites (tertiary alicyclic amines) is 1. The third-order valence-corrected chi connectivity index (χ3v) is 7.23. The molecule has 10 heteroatoms. The number of Topliss-reactive ketones (excluding diaryl/α,β-unsaturated/α-hetero) is 1. The van der Waals surface area contributed by atoms with Gasteiger partial charge in [-0.05, 0) is 48.4 Å². The van der Waals surface area contributed by atoms with E-state index in [0.29, 0.717) is 18.6 Å². The highest BCUT2D eigenvalue weighted by Crippen LogP contribution is 2.40. The highest BCUT2D eigenvalue weighted by Gasteiger charge is 2.45. The van der Waals surface area contributed by atoms with E-state index in [1.54, 1.807) is 12.1 Å². The van der Waals surface area contributed by atoms with Gasteiger partial charge in [-0.15, -0.1) is 0 Å². The molecule has 0 aromatic heterocycles. The summed E-state index contributed by atoms with van der Waals surface area (Å²) < 4.78 is 30.7. The van der Waals surface area contributed by atoms with Gasteiger partial charge in [-0.2, -0.15) is 0 Å². The number of aliphatic hydroxyl groups excluding tert-OH is 1. The molecule has 0 spiro atoms. The van der Waals surface area contributed by atoms with Crippen molar-refractivity contribution in [1.29, 1.82) is 0 Å². The number of ether oxygens (including phenoxy) is 1. The molecule has 2 aromatic carbocycles. The van der Waals surface area contributed by atoms with Crippen molar-refractivity contribution in [1.82, 2.24) is 9.21 Å². The van der Waals surface area contributed by atoms with Crippen molar-refractivity contribution in [2.45, 2.75) is 17.4 Å². The lowest BCUT2D eigenvalue weighted by molar-refractivity contribution is -0.140. The summed E-state index contributed by atoms with van der Waals surface area (Å²) >= 11 is 0. The lowest BCUT2D eigenvalue weighted by atomic mass is 9.95. The molecular weight excluding hydrogens is 448 g/mol. The first-order valence-electron chi connectivity index (χ1n) is 10.2. The quantitative estimate of drug-likeness (QED) is 0.260. The molecule has 1 heterocycles. The topological polar surface area (TPSA) is 124 Å². The molecule has 0 saturated carbocycles. The smallest absolute Gasteiger partial charge is 0.295 e. The van der Waals surface area contributed by atoms with Gasteiger partial charge in [-0.25, -0.2) is 12.7 Å². The van der Waals surface area contributed by atoms with Crippen LogP contribution in [-0.4, -0.2) is 73.9 Å². The summed E-state index contributed by atoms with van der Waals surface area (Å²) in [7, 11) is 0.684. The van der Waals surface area contributed by atoms with Crippen LogP contribution >= 0.6 is 0 Å². The maximum atomic E-state index is 12.9. The second-order valence-corrected chi connectivity index (χ2v) is 9.89. The summed E-state index contributed by atoms with van der Waals surface area (Å²) in [5.41, 5.74) is 0.635. The molecule has 33 heavy (non-hydrogen) atoms. The van der Waals surface area contributed by atoms with Crippen molar-refractivity contribution < 1.29 is 33.0 Å². The third kappa shape index (κ3) is 4.77. The monoisotopic (exact) mass is 474 g/mol. The molecule has 1 aliphatic heterocycles. The Morgan fingerprint density at radius 1 is 1.06 bits per heavy atom. The molecule has 3 rings (SSSR count). The first-order chi connectivity index (χ1) is 15.6. The van der Waals surface area contributed by atoms with Gasteiger partial charge >= 0.3 is 0 Å². The Hall–Kier alpha value is -3.21. The van der Waals surface area contributed by atoms with E-state index >= 15 is 0 Å². The van der Waals surface area contributed by atoms with Gasteiger partial charge in [0, 0.05) is 39.9 Å². The number of amides is 1. The van der Waals surface area contributed by atoms with Crippen LogP contribution in [0.25, 0.3) is 5.76 Å². The molecule has 2 N–H and O–H groups in total. The molecule has 1 amide bonds. The van der Waals surface area contributed by atoms with Gasteiger partial charge < -0.3 is 19.8 Å². The molecule has 1 unspecified atom stereocenters. The summed E-state index contributed by atoms with van der Waals surface area (Å²) in [4.78, 5) is 27.1. The predicted molar refractivity (Wildman–Crippen MR) is 121 cm³/mol. The Labute approximate surface area is 192 Å². The third-order valence-electron chi connectivity index (χ3n) is 5.40. The zero-order chi connectivity index (χ0) is 24.3. The van der Waals surface area contributed by atoms with E-state index in [4.69, 9.17) is 4.74 Å². The average molecular weight is 475 g/mol. The summed E-state index contributed by atoms with van der Waals surface area (Å²) in [6.45, 7) is 0.605. The number of benzene rings is 2. The van der Waals surface area contributed by atoms with Crippen LogP contribution in [0.4, 0.5) is 0 Å². The lowest BCUT2D eigenvalue weighted by Crippen LogP contribution is -2.31. The molecular formula is C23H26N2O7S. The van der Waals surface area contributed by atoms with Crippen molar-refractivity contribution in [3.05, 3.63) is 65.2 Å². The number of phenolic OH excluding ortho intramolecular Hbond substituents is 1. The molecule has 0 bridgehead atoms. The number of sulfonamides is 1. The minimum absolute atomic E-state index is 0.0211. The zero-order valence-electron chi connectivity index (χ0n) is 18.6. The van der Waals surface area contributed by atoms with E-state index in [1.807, 2.05) is 0 Å². The zero-order valence-corrected chi connectivity index (χ0v) is 19.4. The van der Waals surface area contributed by atoms with Crippen LogP contribution in [0.2, 0.25) is 0 Å². The number of aromatic hydroxyl groups is 1. The molecule has 2 aromatic rings. The molecule has 9 nitrogen and oxygen atoms in total. The molecule has 0 aliphatic carbocycles. The molecule has 176 valence electrons. The van der Waals surface area contributed by atoms with Crippen molar-refractivity contribution >= 4 is 27.5 Å². The van der Waals surface area contributed by atoms with Gasteiger partial charge in [-0.1, -0.05) is 12.1 Å². The van der Waals surface area contributed by atoms with Crippen molar-refractivity contribution in [2.24, 2.45) is 0 Å². The number of ketones is 1. The molecule has 1 aliphatic rings. The van der Waals surface area contributed by atoms with E-state index in [2.05, 4.69) is 0 Å². The van der Waals surface area contributed by atoms with Gasteiger partial charge in [-0.3, -0.25) is 9.59 Å². The molecule has 1 fully saturated rings. The van der Waals surface area contributed by atoms with E-state index in [9.17, 15) is 28.2 Å². The Morgan fingerprint density at radius 3 is 2.21 bits per heavy atom. The number of nitrogens with zero attached hydrogens (tertiary/aromatic N) is 2. The maximum Gasteiger partial charge on any atom is 0.295 e. The lowest BCUT2D eigenvalue weighted by Gasteiger charge is -2.25. The van der Waals surface area contributed by atoms with Crippen LogP contribution < -0.4 is 0 Å². The van der Waals surface area contributed by atoms with Gasteiger partial charge in [0.05, 0.1) is 16.5 Å². The van der Waals surface area contributed by atoms with Crippen LogP contribution in [0.1, 0.15) is 23.6 Å². The average Bonchev–Trinajstić information content (AvgIpc) is 3.04. The van der Waals surface area contributed by atoms with Crippen LogP contribution in [0, 0.1) is 0 Å². The second kappa shape index (κ2) is 9.74. The van der Waals surface area contributed by atoms with Crippen molar-refractivity contribution in [3.8, 4) is 5.75 Å². The number of phenols is 1. The van der Waals surface area contributed by atoms with Crippen molar-refractivity contribution in [3.63, 3.8) is 0 Å². The maximum absolute atomic E-state index is 12.9. The Morgan fingerprint density at radius 2 is 1.67 bits per heavy atom. The summed E-state index contributed by atoms with van der Waals surface area (Å²) in [6.07, 6.45) is 0.481. The van der Waals surface area contributed by atoms with E-state index in [1.165, 1.54) is 62.5 Å². The highest BCUT2D eigenvalue weighted by atomic mass is 32.2. The first-order valence-corrected chi connectivity index (χ1v) is 11.6. The van der Waals surface area contributed by atoms with Crippen LogP contribution in [0.3, 0.4) is 0 Å². The van der Waals surface area contributed by atoms with Gasteiger partial charge in [0.25, 0.3) is 11.7 Å². The Balaban J connectivity index is 2.09. The molecule has 0 radical (unpaired) electrons. The number of rotatable bonds is 8. The predicted octanol–water partition coefficient (Wildman–Crippen LogP) is 2.10. The fourth-order valence-electron chi connectivity index (χ4n) is 3.64. The summed E-state index contributed by atoms with van der Waals surface area (Å²) in [5, 5.41) is 20.7. The SMILES string of the molecule is COCCCN1C(=O)C(=O)/C(=C(\O)c2ccc(S(=O)(=O)N(C)C)cc2)C1c1ccc(O)cc1. The number of hydrogen-bond donors (Lipinski definition) is 2. The number of carbonyl (C=O) groups is 2. The summed E-state index contributed by atoms with van der Waals surface area (Å²) in [6, 6.07) is 10.6. The van der Waals surface area contributed by atoms with Crippen LogP contribution in [-0.2, 0) is 24.3 Å². The van der Waals surface area contributed by atoms with Gasteiger partial charge in [0.2, 0.25) is 10.0 Å². The Bertz CT molecular complexity index is 1170. The number of hydrogen-bond acceptors (Lipinski definition) is 7. The first kappa shape index (κ1) is 24.4. The number of carbonyl (C=O) groups excluding carboxylic acids is 2. The Kier molecular flexibility index (Phi) is 7.21. The van der Waals surface area contributed by atoms with E-state index in [-0.39, 0.29) is 28.3 Å². The fourth-order valence-corrected chi connectivity index (χ4v) is 4.55. The van der Waals surface area contributed by atoms with E-state index in [0.717, 1.165) is 4.31 Å².